The number of carbonyl (C=O) groups is 1. The van der Waals surface area contributed by atoms with Crippen molar-refractivity contribution in [3.05, 3.63) is 0 Å². The Kier molecular flexibility index (Phi) is 9.94. The Balaban J connectivity index is 0. The number of carboxylic acids is 1. The summed E-state index contributed by atoms with van der Waals surface area (Å²) in [6.07, 6.45) is 0.165. The first-order valence-corrected chi connectivity index (χ1v) is 4.11. The van der Waals surface area contributed by atoms with Gasteiger partial charge in [-0.25, -0.2) is 0 Å². The highest BCUT2D eigenvalue weighted by Gasteiger charge is 2.35. The molecule has 0 bridgehead atoms. The van der Waals surface area contributed by atoms with Crippen molar-refractivity contribution in [2.45, 2.75) is 12.8 Å². The molecule has 0 aromatic rings. The molecule has 0 rings (SSSR count). The van der Waals surface area contributed by atoms with Gasteiger partial charge in [0.1, 0.15) is 0 Å². The largest absolute Gasteiger partial charge is 0.481 e. The van der Waals surface area contributed by atoms with Crippen LogP contribution in [0.1, 0.15) is 12.8 Å². The van der Waals surface area contributed by atoms with Crippen LogP contribution in [0.15, 0.2) is 0 Å². The number of hydrogen-bond donors (Lipinski definition) is 6. The van der Waals surface area contributed by atoms with Gasteiger partial charge in [0.05, 0.1) is 5.41 Å². The summed E-state index contributed by atoms with van der Waals surface area (Å²) >= 11 is 0. The minimum absolute atomic E-state index is 0.0660. The van der Waals surface area contributed by atoms with E-state index in [1.807, 2.05) is 0 Å². The molecule has 0 fully saturated rings. The summed E-state index contributed by atoms with van der Waals surface area (Å²) in [6.45, 7) is -0.531. The average Bonchev–Trinajstić information content (AvgIpc) is 2.20. The molecule has 0 aromatic heterocycles. The number of nitrogens with two attached hydrogens (primary N) is 3. The normalized spacial score (nSPS) is 10.4. The molecule has 0 aliphatic rings. The van der Waals surface area contributed by atoms with E-state index in [9.17, 15) is 4.79 Å². The molecule has 14 heavy (non-hydrogen) atoms. The van der Waals surface area contributed by atoms with Crippen LogP contribution in [-0.2, 0) is 4.79 Å². The van der Waals surface area contributed by atoms with Gasteiger partial charge in [-0.2, -0.15) is 0 Å². The van der Waals surface area contributed by atoms with E-state index in [1.165, 1.54) is 0 Å². The predicted molar refractivity (Wildman–Crippen MR) is 50.9 cm³/mol. The van der Waals surface area contributed by atoms with Crippen molar-refractivity contribution in [2.75, 3.05) is 19.8 Å². The highest BCUT2D eigenvalue weighted by molar-refractivity contribution is 5.74. The van der Waals surface area contributed by atoms with Crippen molar-refractivity contribution in [1.29, 1.82) is 0 Å². The Hall–Kier alpha value is -0.730. The van der Waals surface area contributed by atoms with Gasteiger partial charge in [-0.15, -0.1) is 0 Å². The second-order valence-electron chi connectivity index (χ2n) is 2.74. The second-order valence-corrected chi connectivity index (χ2v) is 2.74. The first-order valence-electron chi connectivity index (χ1n) is 4.11. The van der Waals surface area contributed by atoms with Gasteiger partial charge in [-0.1, -0.05) is 0 Å². The van der Waals surface area contributed by atoms with Crippen LogP contribution in [0.25, 0.3) is 0 Å². The summed E-state index contributed by atoms with van der Waals surface area (Å²) < 4.78 is 0. The SMILES string of the molecule is NCC(CCO)(CCO)C(=O)O.NN. The van der Waals surface area contributed by atoms with E-state index in [0.29, 0.717) is 0 Å². The van der Waals surface area contributed by atoms with Gasteiger partial charge >= 0.3 is 5.97 Å². The Labute approximate surface area is 82.5 Å². The van der Waals surface area contributed by atoms with Crippen molar-refractivity contribution in [3.8, 4) is 0 Å². The summed E-state index contributed by atoms with van der Waals surface area (Å²) in [6, 6.07) is 0. The number of rotatable bonds is 6. The van der Waals surface area contributed by atoms with Gasteiger partial charge in [-0.3, -0.25) is 16.5 Å². The lowest BCUT2D eigenvalue weighted by atomic mass is 9.82. The first-order chi connectivity index (χ1) is 6.63. The van der Waals surface area contributed by atoms with Gasteiger partial charge in [0.2, 0.25) is 0 Å². The molecule has 0 unspecified atom stereocenters. The summed E-state index contributed by atoms with van der Waals surface area (Å²) in [5, 5.41) is 26.0. The second kappa shape index (κ2) is 8.85. The highest BCUT2D eigenvalue weighted by atomic mass is 16.4. The Morgan fingerprint density at radius 1 is 1.14 bits per heavy atom. The van der Waals surface area contributed by atoms with Crippen LogP contribution in [0, 0.1) is 5.41 Å². The minimum Gasteiger partial charge on any atom is -0.481 e. The zero-order valence-electron chi connectivity index (χ0n) is 8.02. The molecule has 0 heterocycles. The number of aliphatic carboxylic acids is 1. The van der Waals surface area contributed by atoms with E-state index in [2.05, 4.69) is 11.7 Å². The van der Waals surface area contributed by atoms with Gasteiger partial charge in [0.25, 0.3) is 0 Å². The summed E-state index contributed by atoms with van der Waals surface area (Å²) in [4.78, 5) is 10.7. The van der Waals surface area contributed by atoms with E-state index in [0.717, 1.165) is 0 Å². The third-order valence-electron chi connectivity index (χ3n) is 2.03. The molecule has 9 N–H and O–H groups in total. The van der Waals surface area contributed by atoms with Gasteiger partial charge in [0, 0.05) is 19.8 Å². The summed E-state index contributed by atoms with van der Waals surface area (Å²) in [7, 11) is 0. The third kappa shape index (κ3) is 4.49. The molecule has 0 aliphatic heterocycles. The van der Waals surface area contributed by atoms with Crippen molar-refractivity contribution >= 4 is 5.97 Å². The van der Waals surface area contributed by atoms with Gasteiger partial charge in [0.15, 0.2) is 0 Å². The standard InChI is InChI=1S/C7H15NO4.H4N2/c8-5-7(1-3-9,2-4-10)6(11)12;1-2/h9-10H,1-5,8H2,(H,11,12);1-2H2. The lowest BCUT2D eigenvalue weighted by molar-refractivity contribution is -0.150. The molecule has 0 amide bonds. The maximum atomic E-state index is 10.7. The first kappa shape index (κ1) is 15.7. The minimum atomic E-state index is -1.16. The molecular formula is C7H19N3O4. The number of carboxylic acid groups (broad SMARTS) is 1. The zero-order valence-corrected chi connectivity index (χ0v) is 8.02. The van der Waals surface area contributed by atoms with Crippen LogP contribution in [-0.4, -0.2) is 41.0 Å². The quantitative estimate of drug-likeness (QED) is 0.210. The monoisotopic (exact) mass is 209 g/mol. The van der Waals surface area contributed by atoms with E-state index < -0.39 is 11.4 Å². The van der Waals surface area contributed by atoms with Crippen LogP contribution >= 0.6 is 0 Å². The van der Waals surface area contributed by atoms with E-state index in [-0.39, 0.29) is 32.6 Å². The van der Waals surface area contributed by atoms with E-state index in [1.54, 1.807) is 0 Å². The average molecular weight is 209 g/mol. The maximum absolute atomic E-state index is 10.7. The highest BCUT2D eigenvalue weighted by Crippen LogP contribution is 2.24. The molecule has 0 radical (unpaired) electrons. The fourth-order valence-electron chi connectivity index (χ4n) is 1.06. The van der Waals surface area contributed by atoms with Crippen molar-refractivity contribution in [2.24, 2.45) is 22.8 Å². The van der Waals surface area contributed by atoms with Crippen LogP contribution < -0.4 is 17.4 Å². The number of aliphatic hydroxyl groups excluding tert-OH is 2. The van der Waals surface area contributed by atoms with Crippen LogP contribution in [0.3, 0.4) is 0 Å². The Morgan fingerprint density at radius 3 is 1.64 bits per heavy atom. The molecule has 7 heteroatoms. The lowest BCUT2D eigenvalue weighted by Gasteiger charge is -2.25. The number of aliphatic hydroxyl groups is 2. The molecule has 0 spiro atoms. The Bertz CT molecular complexity index is 148. The molecule has 0 atom stereocenters. The molecular weight excluding hydrogens is 190 g/mol. The molecule has 0 saturated heterocycles. The van der Waals surface area contributed by atoms with Crippen LogP contribution in [0.4, 0.5) is 0 Å². The molecule has 0 aromatic carbocycles. The van der Waals surface area contributed by atoms with E-state index in [4.69, 9.17) is 21.1 Å². The lowest BCUT2D eigenvalue weighted by Crippen LogP contribution is -2.40. The Morgan fingerprint density at radius 2 is 1.50 bits per heavy atom. The van der Waals surface area contributed by atoms with E-state index >= 15 is 0 Å². The van der Waals surface area contributed by atoms with Crippen LogP contribution in [0.2, 0.25) is 0 Å². The number of hydrazine groups is 1. The fourth-order valence-corrected chi connectivity index (χ4v) is 1.06. The molecule has 7 nitrogen and oxygen atoms in total. The smallest absolute Gasteiger partial charge is 0.311 e. The van der Waals surface area contributed by atoms with Crippen LogP contribution in [0.5, 0.6) is 0 Å². The summed E-state index contributed by atoms with van der Waals surface area (Å²) in [5.41, 5.74) is 4.11. The van der Waals surface area contributed by atoms with Crippen molar-refractivity contribution in [1.82, 2.24) is 0 Å². The van der Waals surface area contributed by atoms with Gasteiger partial charge < -0.3 is 21.1 Å². The topological polar surface area (TPSA) is 156 Å². The van der Waals surface area contributed by atoms with Gasteiger partial charge in [-0.05, 0) is 12.8 Å². The molecule has 86 valence electrons. The molecule has 0 saturated carbocycles. The van der Waals surface area contributed by atoms with Crippen molar-refractivity contribution < 1.29 is 20.1 Å². The maximum Gasteiger partial charge on any atom is 0.311 e. The summed E-state index contributed by atoms with van der Waals surface area (Å²) in [5.74, 6) is 6.94. The van der Waals surface area contributed by atoms with Crippen molar-refractivity contribution in [3.63, 3.8) is 0 Å². The number of hydrogen-bond acceptors (Lipinski definition) is 6. The fraction of sp³-hybridized carbons (Fsp3) is 0.857. The predicted octanol–water partition coefficient (Wildman–Crippen LogP) is -2.40. The third-order valence-corrected chi connectivity index (χ3v) is 2.03. The zero-order chi connectivity index (χ0) is 11.6. The molecule has 0 aliphatic carbocycles.